The quantitative estimate of drug-likeness (QED) is 0.734. The zero-order valence-electron chi connectivity index (χ0n) is 17.0. The Balaban J connectivity index is 1.74. The van der Waals surface area contributed by atoms with Crippen molar-refractivity contribution in [3.05, 3.63) is 77.1 Å². The van der Waals surface area contributed by atoms with Crippen LogP contribution in [-0.2, 0) is 25.6 Å². The number of phenols is 1. The number of benzene rings is 2. The van der Waals surface area contributed by atoms with Crippen molar-refractivity contribution in [2.24, 2.45) is 0 Å². The first-order chi connectivity index (χ1) is 15.0. The summed E-state index contributed by atoms with van der Waals surface area (Å²) < 4.78 is 20.7. The van der Waals surface area contributed by atoms with Crippen LogP contribution in [-0.4, -0.2) is 43.0 Å². The number of hydrogen-bond acceptors (Lipinski definition) is 8. The minimum absolute atomic E-state index is 0.0220. The molecule has 0 aliphatic carbocycles. The Morgan fingerprint density at radius 2 is 1.68 bits per heavy atom. The van der Waals surface area contributed by atoms with E-state index in [0.29, 0.717) is 23.6 Å². The third-order valence-corrected chi connectivity index (χ3v) is 5.08. The Labute approximate surface area is 178 Å². The van der Waals surface area contributed by atoms with Crippen molar-refractivity contribution in [2.75, 3.05) is 21.0 Å². The normalized spacial score (nSPS) is 15.2. The zero-order chi connectivity index (χ0) is 22.0. The van der Waals surface area contributed by atoms with Crippen LogP contribution < -0.4 is 9.47 Å². The maximum absolute atomic E-state index is 12.6. The van der Waals surface area contributed by atoms with E-state index in [-0.39, 0.29) is 23.7 Å². The fraction of sp³-hybridized carbons (Fsp3) is 0.217. The molecule has 1 N–H and O–H groups in total. The highest BCUT2D eigenvalue weighted by Gasteiger charge is 2.35. The Kier molecular flexibility index (Phi) is 5.53. The predicted molar refractivity (Wildman–Crippen MR) is 109 cm³/mol. The number of rotatable bonds is 5. The van der Waals surface area contributed by atoms with Crippen LogP contribution >= 0.6 is 0 Å². The molecule has 2 aliphatic heterocycles. The number of esters is 2. The van der Waals surface area contributed by atoms with Crippen molar-refractivity contribution < 1.29 is 33.6 Å². The summed E-state index contributed by atoms with van der Waals surface area (Å²) in [6.45, 7) is 0.539. The molecule has 0 saturated carbocycles. The highest BCUT2D eigenvalue weighted by molar-refractivity contribution is 5.98. The lowest BCUT2D eigenvalue weighted by Crippen LogP contribution is -2.28. The highest BCUT2D eigenvalue weighted by atomic mass is 16.7. The van der Waals surface area contributed by atoms with Gasteiger partial charge < -0.3 is 29.0 Å². The highest BCUT2D eigenvalue weighted by Crippen LogP contribution is 2.39. The summed E-state index contributed by atoms with van der Waals surface area (Å²) in [6, 6.07) is 11.9. The van der Waals surface area contributed by atoms with Gasteiger partial charge in [0.05, 0.1) is 31.3 Å². The van der Waals surface area contributed by atoms with Gasteiger partial charge in [-0.15, -0.1) is 0 Å². The molecule has 2 aromatic carbocycles. The van der Waals surface area contributed by atoms with E-state index in [0.717, 1.165) is 5.56 Å². The Hall–Kier alpha value is -3.94. The van der Waals surface area contributed by atoms with Crippen molar-refractivity contribution in [2.45, 2.75) is 12.5 Å². The van der Waals surface area contributed by atoms with Crippen molar-refractivity contribution >= 4 is 11.9 Å². The fourth-order valence-electron chi connectivity index (χ4n) is 3.69. The molecule has 0 bridgehead atoms. The van der Waals surface area contributed by atoms with Gasteiger partial charge in [-0.25, -0.2) is 9.59 Å². The lowest BCUT2D eigenvalue weighted by atomic mass is 9.83. The lowest BCUT2D eigenvalue weighted by molar-refractivity contribution is -0.137. The van der Waals surface area contributed by atoms with Crippen molar-refractivity contribution in [3.63, 3.8) is 0 Å². The summed E-state index contributed by atoms with van der Waals surface area (Å²) in [4.78, 5) is 27.0. The molecule has 0 fully saturated rings. The average Bonchev–Trinajstić information content (AvgIpc) is 3.25. The molecule has 0 aromatic heterocycles. The molecule has 2 heterocycles. The third kappa shape index (κ3) is 4.05. The molecule has 2 aliphatic rings. The second kappa shape index (κ2) is 8.43. The second-order valence-electron chi connectivity index (χ2n) is 7.04. The van der Waals surface area contributed by atoms with Crippen molar-refractivity contribution in [1.82, 2.24) is 4.90 Å². The Morgan fingerprint density at radius 1 is 1.00 bits per heavy atom. The molecule has 0 spiro atoms. The van der Waals surface area contributed by atoms with Crippen molar-refractivity contribution in [1.29, 1.82) is 0 Å². The van der Waals surface area contributed by atoms with E-state index >= 15 is 0 Å². The van der Waals surface area contributed by atoms with Gasteiger partial charge in [-0.05, 0) is 35.4 Å². The largest absolute Gasteiger partial charge is 0.508 e. The van der Waals surface area contributed by atoms with Crippen LogP contribution in [0.1, 0.15) is 17.0 Å². The van der Waals surface area contributed by atoms with Gasteiger partial charge in [0.15, 0.2) is 11.5 Å². The number of carbonyl (C=O) groups is 2. The standard InChI is InChI=1S/C23H21NO7/c1-28-22(26)17-11-24(10-14-6-7-19-20(8-14)31-13-30-19)12-18(23(27)29-2)21(17)15-4-3-5-16(25)9-15/h3-9,11-12,21,25H,10,13H2,1-2H3. The molecular formula is C23H21NO7. The van der Waals surface area contributed by atoms with E-state index in [4.69, 9.17) is 18.9 Å². The first kappa shape index (κ1) is 20.3. The maximum Gasteiger partial charge on any atom is 0.336 e. The summed E-state index contributed by atoms with van der Waals surface area (Å²) >= 11 is 0. The molecule has 4 rings (SSSR count). The van der Waals surface area contributed by atoms with Crippen LogP contribution in [0.15, 0.2) is 66.0 Å². The number of nitrogens with zero attached hydrogens (tertiary/aromatic N) is 1. The first-order valence-electron chi connectivity index (χ1n) is 9.53. The molecule has 8 heteroatoms. The average molecular weight is 423 g/mol. The van der Waals surface area contributed by atoms with Crippen LogP contribution in [0.4, 0.5) is 0 Å². The molecule has 160 valence electrons. The predicted octanol–water partition coefficient (Wildman–Crippen LogP) is 2.83. The Bertz CT molecular complexity index is 1060. The van der Waals surface area contributed by atoms with E-state index in [2.05, 4.69) is 0 Å². The molecule has 0 unspecified atom stereocenters. The number of ether oxygens (including phenoxy) is 4. The number of hydrogen-bond donors (Lipinski definition) is 1. The number of methoxy groups -OCH3 is 2. The minimum atomic E-state index is -0.750. The summed E-state index contributed by atoms with van der Waals surface area (Å²) in [7, 11) is 2.56. The van der Waals surface area contributed by atoms with Gasteiger partial charge in [0.25, 0.3) is 0 Å². The Morgan fingerprint density at radius 3 is 2.32 bits per heavy atom. The smallest absolute Gasteiger partial charge is 0.336 e. The fourth-order valence-corrected chi connectivity index (χ4v) is 3.69. The maximum atomic E-state index is 12.6. The van der Waals surface area contributed by atoms with Gasteiger partial charge in [0.1, 0.15) is 5.75 Å². The number of phenolic OH excluding ortho intramolecular Hbond substituents is 1. The van der Waals surface area contributed by atoms with E-state index in [1.807, 2.05) is 18.2 Å². The van der Waals surface area contributed by atoms with E-state index in [1.54, 1.807) is 29.4 Å². The van der Waals surface area contributed by atoms with Crippen LogP contribution in [0.3, 0.4) is 0 Å². The van der Waals surface area contributed by atoms with Crippen LogP contribution in [0.2, 0.25) is 0 Å². The second-order valence-corrected chi connectivity index (χ2v) is 7.04. The van der Waals surface area contributed by atoms with Gasteiger partial charge in [-0.2, -0.15) is 0 Å². The van der Waals surface area contributed by atoms with Gasteiger partial charge in [0.2, 0.25) is 6.79 Å². The SMILES string of the molecule is COC(=O)C1=CN(Cc2ccc3c(c2)OCO3)C=C(C(=O)OC)C1c1cccc(O)c1. The monoisotopic (exact) mass is 423 g/mol. The van der Waals surface area contributed by atoms with Crippen LogP contribution in [0.25, 0.3) is 0 Å². The van der Waals surface area contributed by atoms with E-state index in [1.165, 1.54) is 26.4 Å². The van der Waals surface area contributed by atoms with E-state index in [9.17, 15) is 14.7 Å². The topological polar surface area (TPSA) is 94.5 Å². The van der Waals surface area contributed by atoms with Crippen LogP contribution in [0.5, 0.6) is 17.2 Å². The number of aromatic hydroxyl groups is 1. The summed E-state index contributed by atoms with van der Waals surface area (Å²) in [5.74, 6) is -0.588. The van der Waals surface area contributed by atoms with Gasteiger partial charge in [0, 0.05) is 18.9 Å². The molecular weight excluding hydrogens is 402 g/mol. The molecule has 0 atom stereocenters. The number of carbonyl (C=O) groups excluding carboxylic acids is 2. The number of fused-ring (bicyclic) bond motifs is 1. The molecule has 0 amide bonds. The summed E-state index contributed by atoms with van der Waals surface area (Å²) in [5, 5.41) is 9.93. The molecule has 8 nitrogen and oxygen atoms in total. The third-order valence-electron chi connectivity index (χ3n) is 5.08. The van der Waals surface area contributed by atoms with Crippen molar-refractivity contribution in [3.8, 4) is 17.2 Å². The van der Waals surface area contributed by atoms with Crippen LogP contribution in [0, 0.1) is 0 Å². The van der Waals surface area contributed by atoms with Gasteiger partial charge in [-0.1, -0.05) is 18.2 Å². The van der Waals surface area contributed by atoms with E-state index < -0.39 is 17.9 Å². The van der Waals surface area contributed by atoms with Gasteiger partial charge in [-0.3, -0.25) is 0 Å². The minimum Gasteiger partial charge on any atom is -0.508 e. The first-order valence-corrected chi connectivity index (χ1v) is 9.53. The molecule has 0 radical (unpaired) electrons. The molecule has 2 aromatic rings. The summed E-state index contributed by atoms with van der Waals surface area (Å²) in [6.07, 6.45) is 3.27. The molecule has 31 heavy (non-hydrogen) atoms. The summed E-state index contributed by atoms with van der Waals surface area (Å²) in [5.41, 5.74) is 1.95. The molecule has 0 saturated heterocycles. The van der Waals surface area contributed by atoms with Gasteiger partial charge >= 0.3 is 11.9 Å². The lowest BCUT2D eigenvalue weighted by Gasteiger charge is -2.30. The zero-order valence-corrected chi connectivity index (χ0v) is 17.0.